The summed E-state index contributed by atoms with van der Waals surface area (Å²) in [5.74, 6) is -1.42. The van der Waals surface area contributed by atoms with E-state index in [0.717, 1.165) is 38.5 Å². The number of hydrogen-bond acceptors (Lipinski definition) is 7. The maximum Gasteiger partial charge on any atom is 0.277 e. The first-order chi connectivity index (χ1) is 17.6. The summed E-state index contributed by atoms with van der Waals surface area (Å²) in [4.78, 5) is 59.4. The van der Waals surface area contributed by atoms with Crippen LogP contribution in [0.1, 0.15) is 76.7 Å². The summed E-state index contributed by atoms with van der Waals surface area (Å²) < 4.78 is 4.91. The van der Waals surface area contributed by atoms with Gasteiger partial charge in [-0.3, -0.25) is 19.2 Å². The van der Waals surface area contributed by atoms with Crippen molar-refractivity contribution in [3.8, 4) is 0 Å². The van der Waals surface area contributed by atoms with Crippen molar-refractivity contribution in [1.82, 2.24) is 25.2 Å². The van der Waals surface area contributed by atoms with Crippen molar-refractivity contribution in [2.24, 2.45) is 17.6 Å². The van der Waals surface area contributed by atoms with Crippen molar-refractivity contribution in [2.75, 3.05) is 13.1 Å². The summed E-state index contributed by atoms with van der Waals surface area (Å²) in [6.07, 6.45) is 6.19. The third kappa shape index (κ3) is 5.23. The average Bonchev–Trinajstić information content (AvgIpc) is 3.44. The van der Waals surface area contributed by atoms with Crippen molar-refractivity contribution < 1.29 is 23.7 Å². The lowest BCUT2D eigenvalue weighted by Crippen LogP contribution is -2.77. The maximum atomic E-state index is 14.0. The molecule has 0 spiro atoms. The zero-order chi connectivity index (χ0) is 26.9. The Hall–Kier alpha value is -2.95. The van der Waals surface area contributed by atoms with Gasteiger partial charge >= 0.3 is 0 Å². The van der Waals surface area contributed by atoms with E-state index >= 15 is 0 Å². The van der Waals surface area contributed by atoms with E-state index in [4.69, 9.17) is 10.3 Å². The zero-order valence-corrected chi connectivity index (χ0v) is 22.3. The van der Waals surface area contributed by atoms with E-state index in [9.17, 15) is 19.2 Å². The molecule has 1 aromatic rings. The zero-order valence-electron chi connectivity index (χ0n) is 22.3. The Balaban J connectivity index is 1.75. The van der Waals surface area contributed by atoms with Crippen molar-refractivity contribution >= 4 is 23.6 Å². The lowest BCUT2D eigenvalue weighted by atomic mass is 9.80. The van der Waals surface area contributed by atoms with Crippen LogP contribution >= 0.6 is 0 Å². The third-order valence-electron chi connectivity index (χ3n) is 8.28. The molecule has 11 nitrogen and oxygen atoms in total. The second-order valence-electron chi connectivity index (χ2n) is 11.0. The van der Waals surface area contributed by atoms with Crippen molar-refractivity contribution in [1.29, 1.82) is 0 Å². The van der Waals surface area contributed by atoms with Crippen molar-refractivity contribution in [3.05, 3.63) is 18.0 Å². The van der Waals surface area contributed by atoms with Crippen LogP contribution in [-0.2, 0) is 14.4 Å². The Kier molecular flexibility index (Phi) is 8.20. The number of nitrogens with two attached hydrogens (primary N) is 1. The molecule has 3 fully saturated rings. The fourth-order valence-electron chi connectivity index (χ4n) is 5.80. The number of nitrogens with one attached hydrogen (secondary N) is 1. The topological polar surface area (TPSA) is 142 Å². The van der Waals surface area contributed by atoms with Crippen LogP contribution in [0.25, 0.3) is 0 Å². The van der Waals surface area contributed by atoms with E-state index in [-0.39, 0.29) is 48.5 Å². The van der Waals surface area contributed by atoms with Gasteiger partial charge in [0.25, 0.3) is 5.91 Å². The van der Waals surface area contributed by atoms with Crippen LogP contribution in [0.4, 0.5) is 0 Å². The van der Waals surface area contributed by atoms with Crippen LogP contribution in [0.2, 0.25) is 0 Å². The number of carbonyl (C=O) groups excluding carboxylic acids is 4. The van der Waals surface area contributed by atoms with E-state index in [1.807, 2.05) is 32.6 Å². The fraction of sp³-hybridized carbons (Fsp3) is 0.731. The van der Waals surface area contributed by atoms with Crippen LogP contribution < -0.4 is 11.1 Å². The van der Waals surface area contributed by atoms with Crippen molar-refractivity contribution in [2.45, 2.75) is 96.6 Å². The summed E-state index contributed by atoms with van der Waals surface area (Å²) in [6, 6.07) is -1.07. The molecule has 2 aliphatic heterocycles. The molecule has 2 saturated heterocycles. The fourth-order valence-corrected chi connectivity index (χ4v) is 5.80. The predicted molar refractivity (Wildman–Crippen MR) is 135 cm³/mol. The first-order valence-electron chi connectivity index (χ1n) is 13.6. The molecule has 3 heterocycles. The molecule has 11 heteroatoms. The largest absolute Gasteiger partial charge is 0.364 e. The first-order valence-corrected chi connectivity index (χ1v) is 13.6. The molecule has 0 radical (unpaired) electrons. The Morgan fingerprint density at radius 1 is 1.14 bits per heavy atom. The van der Waals surface area contributed by atoms with E-state index in [1.54, 1.807) is 9.80 Å². The normalized spacial score (nSPS) is 26.8. The monoisotopic (exact) mass is 516 g/mol. The van der Waals surface area contributed by atoms with Gasteiger partial charge in [-0.2, -0.15) is 0 Å². The molecule has 4 rings (SSSR count). The predicted octanol–water partition coefficient (Wildman–Crippen LogP) is 1.34. The van der Waals surface area contributed by atoms with Gasteiger partial charge in [0, 0.05) is 12.1 Å². The van der Waals surface area contributed by atoms with Gasteiger partial charge in [0.2, 0.25) is 17.7 Å². The van der Waals surface area contributed by atoms with Gasteiger partial charge in [-0.15, -0.1) is 0 Å². The smallest absolute Gasteiger partial charge is 0.277 e. The van der Waals surface area contributed by atoms with Crippen molar-refractivity contribution in [3.63, 3.8) is 0 Å². The molecular weight excluding hydrogens is 476 g/mol. The number of rotatable bonds is 7. The van der Waals surface area contributed by atoms with Gasteiger partial charge in [-0.25, -0.2) is 0 Å². The number of piperazine rings is 1. The number of fused-ring (bicyclic) bond motifs is 1. The molecule has 0 aromatic carbocycles. The summed E-state index contributed by atoms with van der Waals surface area (Å²) in [5.41, 5.74) is 6.17. The van der Waals surface area contributed by atoms with Crippen LogP contribution in [0.3, 0.4) is 0 Å². The summed E-state index contributed by atoms with van der Waals surface area (Å²) in [5, 5.41) is 6.60. The Bertz CT molecular complexity index is 992. The van der Waals surface area contributed by atoms with Crippen LogP contribution in [0.5, 0.6) is 0 Å². The molecule has 5 atom stereocenters. The van der Waals surface area contributed by atoms with Gasteiger partial charge in [0.15, 0.2) is 5.69 Å². The quantitative estimate of drug-likeness (QED) is 0.557. The number of amides is 4. The molecule has 37 heavy (non-hydrogen) atoms. The van der Waals surface area contributed by atoms with Crippen LogP contribution in [0.15, 0.2) is 16.9 Å². The standard InChI is InChI=1S/C26H40N6O5/c1-5-16(4)30-14-20-31(24(34)18-11-12-37-29-18)13-19(28-23(33)21(27)15(2)3)25(35)32(20)22(26(30)36)17-9-7-6-8-10-17/h11-12,15-17,19-22H,5-10,13-14,27H2,1-4H3,(H,28,33)/t16?,19-,20?,21?,22-/m0/s1. The molecule has 4 amide bonds. The minimum Gasteiger partial charge on any atom is -0.364 e. The highest BCUT2D eigenvalue weighted by Crippen LogP contribution is 2.37. The third-order valence-corrected chi connectivity index (χ3v) is 8.28. The molecule has 3 N–H and O–H groups in total. The highest BCUT2D eigenvalue weighted by atomic mass is 16.5. The Labute approximate surface area is 218 Å². The molecule has 3 unspecified atom stereocenters. The Morgan fingerprint density at radius 3 is 2.43 bits per heavy atom. The number of hydrogen-bond donors (Lipinski definition) is 2. The molecular formula is C26H40N6O5. The van der Waals surface area contributed by atoms with Gasteiger partial charge in [-0.1, -0.05) is 45.2 Å². The highest BCUT2D eigenvalue weighted by Gasteiger charge is 2.55. The van der Waals surface area contributed by atoms with Gasteiger partial charge < -0.3 is 30.3 Å². The molecule has 0 bridgehead atoms. The van der Waals surface area contributed by atoms with Crippen LogP contribution in [-0.4, -0.2) is 86.9 Å². The summed E-state index contributed by atoms with van der Waals surface area (Å²) in [6.45, 7) is 7.84. The first kappa shape index (κ1) is 27.1. The minimum absolute atomic E-state index is 0.00377. The van der Waals surface area contributed by atoms with E-state index in [0.29, 0.717) is 0 Å². The number of carbonyl (C=O) groups is 4. The van der Waals surface area contributed by atoms with Crippen LogP contribution in [0, 0.1) is 11.8 Å². The van der Waals surface area contributed by atoms with E-state index < -0.39 is 36.1 Å². The SMILES string of the molecule is CCC(C)N1CC2N(C(=O)c3ccon3)C[C@H](NC(=O)C(N)C(C)C)C(=O)N2[C@@H](C2CCCCC2)C1=O. The molecule has 3 aliphatic rings. The van der Waals surface area contributed by atoms with E-state index in [1.165, 1.54) is 12.3 Å². The Morgan fingerprint density at radius 2 is 1.84 bits per heavy atom. The number of nitrogens with zero attached hydrogens (tertiary/aromatic N) is 4. The number of aromatic nitrogens is 1. The molecule has 1 saturated carbocycles. The van der Waals surface area contributed by atoms with E-state index in [2.05, 4.69) is 10.5 Å². The molecule has 204 valence electrons. The lowest BCUT2D eigenvalue weighted by molar-refractivity contribution is -0.176. The minimum atomic E-state index is -1.02. The second-order valence-corrected chi connectivity index (χ2v) is 11.0. The molecule has 1 aliphatic carbocycles. The lowest BCUT2D eigenvalue weighted by Gasteiger charge is -2.56. The molecule has 1 aromatic heterocycles. The highest BCUT2D eigenvalue weighted by molar-refractivity contribution is 5.98. The van der Waals surface area contributed by atoms with Gasteiger partial charge in [-0.05, 0) is 38.0 Å². The maximum absolute atomic E-state index is 14.0. The van der Waals surface area contributed by atoms with Gasteiger partial charge in [0.1, 0.15) is 24.5 Å². The summed E-state index contributed by atoms with van der Waals surface area (Å²) in [7, 11) is 0. The summed E-state index contributed by atoms with van der Waals surface area (Å²) >= 11 is 0. The second kappa shape index (κ2) is 11.2. The average molecular weight is 517 g/mol. The van der Waals surface area contributed by atoms with Gasteiger partial charge in [0.05, 0.1) is 19.1 Å².